The van der Waals surface area contributed by atoms with Crippen LogP contribution in [0.5, 0.6) is 5.75 Å². The van der Waals surface area contributed by atoms with Gasteiger partial charge in [0.05, 0.1) is 8.95 Å². The van der Waals surface area contributed by atoms with Gasteiger partial charge in [-0.25, -0.2) is 10.8 Å². The molecule has 1 aromatic heterocycles. The minimum Gasteiger partial charge on any atom is -0.486 e. The van der Waals surface area contributed by atoms with Crippen molar-refractivity contribution in [3.63, 3.8) is 0 Å². The number of rotatable bonds is 4. The van der Waals surface area contributed by atoms with Gasteiger partial charge in [0.25, 0.3) is 0 Å². The highest BCUT2D eigenvalue weighted by atomic mass is 79.9. The van der Waals surface area contributed by atoms with Crippen molar-refractivity contribution < 1.29 is 4.74 Å². The third kappa shape index (κ3) is 3.68. The van der Waals surface area contributed by atoms with E-state index in [9.17, 15) is 0 Å². The number of hydrogen-bond donors (Lipinski definition) is 2. The molecule has 0 spiro atoms. The molecule has 0 atom stereocenters. The monoisotopic (exact) mass is 449 g/mol. The van der Waals surface area contributed by atoms with E-state index in [1.807, 2.05) is 24.3 Å². The van der Waals surface area contributed by atoms with E-state index in [1.54, 1.807) is 6.20 Å². The Morgan fingerprint density at radius 1 is 1.21 bits per heavy atom. The standard InChI is InChI=1S/C12H10Br3N3O/c13-8-4-9(14)11(10(15)5-8)19-6-7-2-1-3-17-12(7)18-16/h1-5H,6,16H2,(H,17,18). The first kappa shape index (κ1) is 14.8. The maximum absolute atomic E-state index is 5.80. The summed E-state index contributed by atoms with van der Waals surface area (Å²) in [6.45, 7) is 0.367. The number of nitrogen functional groups attached to an aromatic ring is 1. The summed E-state index contributed by atoms with van der Waals surface area (Å²) < 4.78 is 8.49. The van der Waals surface area contributed by atoms with Gasteiger partial charge in [-0.1, -0.05) is 22.0 Å². The topological polar surface area (TPSA) is 60.2 Å². The van der Waals surface area contributed by atoms with E-state index in [4.69, 9.17) is 10.6 Å². The van der Waals surface area contributed by atoms with Crippen LogP contribution in [0.1, 0.15) is 5.56 Å². The van der Waals surface area contributed by atoms with Gasteiger partial charge >= 0.3 is 0 Å². The summed E-state index contributed by atoms with van der Waals surface area (Å²) >= 11 is 10.3. The second kappa shape index (κ2) is 6.69. The van der Waals surface area contributed by atoms with Crippen molar-refractivity contribution in [2.75, 3.05) is 5.43 Å². The van der Waals surface area contributed by atoms with E-state index >= 15 is 0 Å². The number of aromatic nitrogens is 1. The zero-order valence-electron chi connectivity index (χ0n) is 9.66. The van der Waals surface area contributed by atoms with Crippen LogP contribution < -0.4 is 16.0 Å². The fourth-order valence-electron chi connectivity index (χ4n) is 1.50. The van der Waals surface area contributed by atoms with Gasteiger partial charge in [0.1, 0.15) is 18.2 Å². The maximum atomic E-state index is 5.80. The van der Waals surface area contributed by atoms with Crippen LogP contribution in [-0.2, 0) is 6.61 Å². The molecule has 100 valence electrons. The number of hydrazine groups is 1. The van der Waals surface area contributed by atoms with E-state index in [0.29, 0.717) is 12.4 Å². The third-order valence-corrected chi connectivity index (χ3v) is 4.00. The van der Waals surface area contributed by atoms with Crippen LogP contribution >= 0.6 is 47.8 Å². The Labute approximate surface area is 136 Å². The molecule has 0 aliphatic rings. The molecule has 1 aromatic carbocycles. The summed E-state index contributed by atoms with van der Waals surface area (Å²) in [5.74, 6) is 6.74. The number of halogens is 3. The number of nitrogens with one attached hydrogen (secondary N) is 1. The van der Waals surface area contributed by atoms with Crippen LogP contribution in [0.4, 0.5) is 5.82 Å². The number of anilines is 1. The second-order valence-electron chi connectivity index (χ2n) is 3.64. The number of nitrogens with two attached hydrogens (primary N) is 1. The zero-order chi connectivity index (χ0) is 13.8. The van der Waals surface area contributed by atoms with Gasteiger partial charge in [-0.3, -0.25) is 0 Å². The Morgan fingerprint density at radius 3 is 2.53 bits per heavy atom. The van der Waals surface area contributed by atoms with Gasteiger partial charge in [0, 0.05) is 16.2 Å². The molecule has 0 unspecified atom stereocenters. The fraction of sp³-hybridized carbons (Fsp3) is 0.0833. The summed E-state index contributed by atoms with van der Waals surface area (Å²) in [5, 5.41) is 0. The highest BCUT2D eigenvalue weighted by Gasteiger charge is 2.10. The lowest BCUT2D eigenvalue weighted by Crippen LogP contribution is -2.12. The van der Waals surface area contributed by atoms with E-state index in [0.717, 1.165) is 24.7 Å². The average Bonchev–Trinajstić information content (AvgIpc) is 2.38. The van der Waals surface area contributed by atoms with Crippen LogP contribution in [0.2, 0.25) is 0 Å². The van der Waals surface area contributed by atoms with Gasteiger partial charge in [-0.15, -0.1) is 0 Å². The lowest BCUT2D eigenvalue weighted by atomic mass is 10.2. The summed E-state index contributed by atoms with van der Waals surface area (Å²) in [4.78, 5) is 4.12. The Balaban J connectivity index is 2.19. The Bertz CT molecular complexity index is 569. The third-order valence-electron chi connectivity index (χ3n) is 2.36. The molecule has 3 N–H and O–H groups in total. The van der Waals surface area contributed by atoms with Crippen molar-refractivity contribution in [1.29, 1.82) is 0 Å². The zero-order valence-corrected chi connectivity index (χ0v) is 14.4. The summed E-state index contributed by atoms with van der Waals surface area (Å²) in [6, 6.07) is 7.59. The number of ether oxygens (including phenoxy) is 1. The van der Waals surface area contributed by atoms with Crippen molar-refractivity contribution in [1.82, 2.24) is 4.98 Å². The van der Waals surface area contributed by atoms with Crippen LogP contribution in [-0.4, -0.2) is 4.98 Å². The lowest BCUT2D eigenvalue weighted by Gasteiger charge is -2.12. The van der Waals surface area contributed by atoms with Gasteiger partial charge in [-0.05, 0) is 50.1 Å². The largest absolute Gasteiger partial charge is 0.486 e. The molecule has 0 bridgehead atoms. The van der Waals surface area contributed by atoms with Crippen LogP contribution in [0.15, 0.2) is 43.9 Å². The van der Waals surface area contributed by atoms with Gasteiger partial charge < -0.3 is 10.2 Å². The molecule has 1 heterocycles. The van der Waals surface area contributed by atoms with E-state index < -0.39 is 0 Å². The molecule has 0 fully saturated rings. The van der Waals surface area contributed by atoms with E-state index in [1.165, 1.54) is 0 Å². The molecule has 7 heteroatoms. The Morgan fingerprint density at radius 2 is 1.89 bits per heavy atom. The molecule has 19 heavy (non-hydrogen) atoms. The Kier molecular flexibility index (Phi) is 5.20. The Hall–Kier alpha value is -0.630. The predicted molar refractivity (Wildman–Crippen MR) is 85.9 cm³/mol. The number of hydrogen-bond acceptors (Lipinski definition) is 4. The van der Waals surface area contributed by atoms with Gasteiger partial charge in [-0.2, -0.15) is 0 Å². The molecule has 0 aliphatic heterocycles. The molecule has 2 rings (SSSR count). The lowest BCUT2D eigenvalue weighted by molar-refractivity contribution is 0.302. The van der Waals surface area contributed by atoms with Crippen molar-refractivity contribution in [3.8, 4) is 5.75 Å². The van der Waals surface area contributed by atoms with Crippen molar-refractivity contribution >= 4 is 53.6 Å². The first-order chi connectivity index (χ1) is 9.11. The van der Waals surface area contributed by atoms with Crippen molar-refractivity contribution in [2.24, 2.45) is 5.84 Å². The maximum Gasteiger partial charge on any atom is 0.148 e. The van der Waals surface area contributed by atoms with Crippen LogP contribution in [0.25, 0.3) is 0 Å². The first-order valence-electron chi connectivity index (χ1n) is 5.29. The quantitative estimate of drug-likeness (QED) is 0.539. The first-order valence-corrected chi connectivity index (χ1v) is 7.67. The minimum atomic E-state index is 0.367. The summed E-state index contributed by atoms with van der Waals surface area (Å²) in [5.41, 5.74) is 3.43. The molecule has 0 radical (unpaired) electrons. The molecule has 0 saturated carbocycles. The summed E-state index contributed by atoms with van der Waals surface area (Å²) in [6.07, 6.45) is 1.67. The number of benzene rings is 1. The predicted octanol–water partition coefficient (Wildman–Crippen LogP) is 4.23. The SMILES string of the molecule is NNc1ncccc1COc1c(Br)cc(Br)cc1Br. The molecule has 0 saturated heterocycles. The normalized spacial score (nSPS) is 10.3. The number of pyridine rings is 1. The van der Waals surface area contributed by atoms with Gasteiger partial charge in [0.15, 0.2) is 0 Å². The molecule has 0 aliphatic carbocycles. The van der Waals surface area contributed by atoms with Gasteiger partial charge in [0.2, 0.25) is 0 Å². The van der Waals surface area contributed by atoms with Crippen molar-refractivity contribution in [2.45, 2.75) is 6.61 Å². The second-order valence-corrected chi connectivity index (χ2v) is 6.27. The molecule has 0 amide bonds. The smallest absolute Gasteiger partial charge is 0.148 e. The van der Waals surface area contributed by atoms with Crippen molar-refractivity contribution in [3.05, 3.63) is 49.4 Å². The molecule has 2 aromatic rings. The highest BCUT2D eigenvalue weighted by molar-refractivity contribution is 9.11. The number of nitrogens with zero attached hydrogens (tertiary/aromatic N) is 1. The molecule has 4 nitrogen and oxygen atoms in total. The van der Waals surface area contributed by atoms with Crippen LogP contribution in [0, 0.1) is 0 Å². The fourth-order valence-corrected chi connectivity index (χ4v) is 3.99. The van der Waals surface area contributed by atoms with E-state index in [-0.39, 0.29) is 0 Å². The molecular formula is C12H10Br3N3O. The summed E-state index contributed by atoms with van der Waals surface area (Å²) in [7, 11) is 0. The van der Waals surface area contributed by atoms with Crippen LogP contribution in [0.3, 0.4) is 0 Å². The highest BCUT2D eigenvalue weighted by Crippen LogP contribution is 2.37. The minimum absolute atomic E-state index is 0.367. The molecular weight excluding hydrogens is 442 g/mol. The van der Waals surface area contributed by atoms with E-state index in [2.05, 4.69) is 58.2 Å². The average molecular weight is 452 g/mol.